The summed E-state index contributed by atoms with van der Waals surface area (Å²) in [5.41, 5.74) is 0. The molecule has 0 bridgehead atoms. The van der Waals surface area contributed by atoms with Crippen molar-refractivity contribution in [1.29, 1.82) is 0 Å². The predicted octanol–water partition coefficient (Wildman–Crippen LogP) is 1.69. The fourth-order valence-corrected chi connectivity index (χ4v) is 1.94. The zero-order chi connectivity index (χ0) is 16.8. The maximum absolute atomic E-state index is 12.0. The van der Waals surface area contributed by atoms with E-state index in [0.717, 1.165) is 5.75 Å². The lowest BCUT2D eigenvalue weighted by atomic mass is 10.3. The van der Waals surface area contributed by atoms with E-state index in [0.29, 0.717) is 17.4 Å². The Morgan fingerprint density at radius 2 is 2.00 bits per heavy atom. The van der Waals surface area contributed by atoms with Crippen LogP contribution in [0.3, 0.4) is 0 Å². The Bertz CT molecular complexity index is 803. The second kappa shape index (κ2) is 7.23. The van der Waals surface area contributed by atoms with Gasteiger partial charge in [0.25, 0.3) is 5.91 Å². The predicted molar refractivity (Wildman–Crippen MR) is 86.3 cm³/mol. The van der Waals surface area contributed by atoms with Crippen LogP contribution in [-0.2, 0) is 4.79 Å². The first-order valence-corrected chi connectivity index (χ1v) is 7.13. The number of hydrogen-bond acceptors (Lipinski definition) is 6. The van der Waals surface area contributed by atoms with Crippen molar-refractivity contribution >= 4 is 11.7 Å². The lowest BCUT2D eigenvalue weighted by Crippen LogP contribution is -2.21. The molecule has 0 saturated heterocycles. The van der Waals surface area contributed by atoms with E-state index in [1.165, 1.54) is 6.33 Å². The molecule has 0 aliphatic carbocycles. The second-order valence-corrected chi connectivity index (χ2v) is 4.72. The lowest BCUT2D eigenvalue weighted by molar-refractivity contribution is -0.118. The summed E-state index contributed by atoms with van der Waals surface area (Å²) >= 11 is 0. The topological polar surface area (TPSA) is 91.2 Å². The number of carbonyl (C=O) groups is 1. The van der Waals surface area contributed by atoms with Crippen molar-refractivity contribution in [2.45, 2.75) is 0 Å². The Hall–Kier alpha value is -3.42. The summed E-state index contributed by atoms with van der Waals surface area (Å²) in [6, 6.07) is 10.4. The number of anilines is 1. The van der Waals surface area contributed by atoms with Gasteiger partial charge in [-0.1, -0.05) is 0 Å². The van der Waals surface area contributed by atoms with Gasteiger partial charge in [0.05, 0.1) is 7.11 Å². The van der Waals surface area contributed by atoms with Crippen molar-refractivity contribution in [2.75, 3.05) is 19.0 Å². The van der Waals surface area contributed by atoms with Crippen LogP contribution in [-0.4, -0.2) is 39.4 Å². The first-order valence-electron chi connectivity index (χ1n) is 7.13. The SMILES string of the molecule is COc1ccc(OCC(=O)Nc2cc(-n3cccn3)ncn2)cc1. The first-order chi connectivity index (χ1) is 11.7. The van der Waals surface area contributed by atoms with E-state index >= 15 is 0 Å². The highest BCUT2D eigenvalue weighted by molar-refractivity contribution is 5.91. The van der Waals surface area contributed by atoms with Gasteiger partial charge in [-0.2, -0.15) is 5.10 Å². The molecule has 2 aromatic heterocycles. The molecule has 3 rings (SSSR count). The van der Waals surface area contributed by atoms with E-state index < -0.39 is 0 Å². The molecule has 1 aromatic carbocycles. The van der Waals surface area contributed by atoms with E-state index in [1.54, 1.807) is 60.6 Å². The third-order valence-electron chi connectivity index (χ3n) is 3.09. The van der Waals surface area contributed by atoms with E-state index in [2.05, 4.69) is 20.4 Å². The molecule has 0 atom stereocenters. The minimum atomic E-state index is -0.323. The number of rotatable bonds is 6. The number of carbonyl (C=O) groups excluding carboxylic acids is 1. The van der Waals surface area contributed by atoms with Crippen LogP contribution in [0.1, 0.15) is 0 Å². The zero-order valence-electron chi connectivity index (χ0n) is 12.9. The lowest BCUT2D eigenvalue weighted by Gasteiger charge is -2.08. The van der Waals surface area contributed by atoms with Gasteiger partial charge in [0.2, 0.25) is 0 Å². The molecule has 24 heavy (non-hydrogen) atoms. The average Bonchev–Trinajstić information content (AvgIpc) is 3.15. The number of nitrogens with one attached hydrogen (secondary N) is 1. The molecule has 122 valence electrons. The fraction of sp³-hybridized carbons (Fsp3) is 0.125. The third kappa shape index (κ3) is 3.86. The van der Waals surface area contributed by atoms with Crippen LogP contribution in [0, 0.1) is 0 Å². The van der Waals surface area contributed by atoms with Crippen LogP contribution in [0.25, 0.3) is 5.82 Å². The van der Waals surface area contributed by atoms with Crippen molar-refractivity contribution in [1.82, 2.24) is 19.7 Å². The van der Waals surface area contributed by atoms with E-state index in [9.17, 15) is 4.79 Å². The minimum Gasteiger partial charge on any atom is -0.497 e. The monoisotopic (exact) mass is 325 g/mol. The van der Waals surface area contributed by atoms with Crippen LogP contribution < -0.4 is 14.8 Å². The van der Waals surface area contributed by atoms with Crippen molar-refractivity contribution in [3.8, 4) is 17.3 Å². The van der Waals surface area contributed by atoms with Gasteiger partial charge in [-0.3, -0.25) is 4.79 Å². The van der Waals surface area contributed by atoms with Crippen molar-refractivity contribution in [3.05, 3.63) is 55.1 Å². The second-order valence-electron chi connectivity index (χ2n) is 4.72. The minimum absolute atomic E-state index is 0.132. The number of aromatic nitrogens is 4. The van der Waals surface area contributed by atoms with Crippen LogP contribution in [0.15, 0.2) is 55.1 Å². The van der Waals surface area contributed by atoms with Crippen LogP contribution in [0.4, 0.5) is 5.82 Å². The number of amides is 1. The highest BCUT2D eigenvalue weighted by atomic mass is 16.5. The van der Waals surface area contributed by atoms with Gasteiger partial charge in [0.15, 0.2) is 12.4 Å². The van der Waals surface area contributed by atoms with Crippen molar-refractivity contribution < 1.29 is 14.3 Å². The van der Waals surface area contributed by atoms with Crippen LogP contribution in [0.5, 0.6) is 11.5 Å². The molecule has 0 aliphatic heterocycles. The largest absolute Gasteiger partial charge is 0.497 e. The van der Waals surface area contributed by atoms with Gasteiger partial charge in [-0.15, -0.1) is 0 Å². The first kappa shape index (κ1) is 15.5. The Morgan fingerprint density at radius 1 is 1.21 bits per heavy atom. The Balaban J connectivity index is 1.57. The molecular weight excluding hydrogens is 310 g/mol. The van der Waals surface area contributed by atoms with Crippen LogP contribution in [0.2, 0.25) is 0 Å². The molecule has 0 fully saturated rings. The summed E-state index contributed by atoms with van der Waals surface area (Å²) in [7, 11) is 1.59. The standard InChI is InChI=1S/C16H15N5O3/c1-23-12-3-5-13(6-4-12)24-10-16(22)20-14-9-15(18-11-17-14)21-8-2-7-19-21/h2-9,11H,10H2,1H3,(H,17,18,20,22). The molecule has 8 nitrogen and oxygen atoms in total. The average molecular weight is 325 g/mol. The molecule has 0 unspecified atom stereocenters. The number of hydrogen-bond donors (Lipinski definition) is 1. The summed E-state index contributed by atoms with van der Waals surface area (Å²) in [5, 5.41) is 6.73. The normalized spacial score (nSPS) is 10.2. The molecular formula is C16H15N5O3. The summed E-state index contributed by atoms with van der Waals surface area (Å²) in [5.74, 6) is 1.90. The molecule has 2 heterocycles. The molecule has 8 heteroatoms. The number of nitrogens with zero attached hydrogens (tertiary/aromatic N) is 4. The molecule has 0 radical (unpaired) electrons. The third-order valence-corrected chi connectivity index (χ3v) is 3.09. The van der Waals surface area contributed by atoms with E-state index in [1.807, 2.05) is 0 Å². The molecule has 0 aliphatic rings. The molecule has 1 amide bonds. The number of ether oxygens (including phenoxy) is 2. The van der Waals surface area contributed by atoms with E-state index in [4.69, 9.17) is 9.47 Å². The maximum Gasteiger partial charge on any atom is 0.263 e. The van der Waals surface area contributed by atoms with Crippen molar-refractivity contribution in [2.24, 2.45) is 0 Å². The van der Waals surface area contributed by atoms with Gasteiger partial charge >= 0.3 is 0 Å². The molecule has 0 saturated carbocycles. The summed E-state index contributed by atoms with van der Waals surface area (Å²) in [4.78, 5) is 20.1. The highest BCUT2D eigenvalue weighted by Crippen LogP contribution is 2.17. The van der Waals surface area contributed by atoms with Crippen molar-refractivity contribution in [3.63, 3.8) is 0 Å². The zero-order valence-corrected chi connectivity index (χ0v) is 12.9. The molecule has 1 N–H and O–H groups in total. The maximum atomic E-state index is 12.0. The summed E-state index contributed by atoms with van der Waals surface area (Å²) < 4.78 is 12.0. The van der Waals surface area contributed by atoms with Crippen LogP contribution >= 0.6 is 0 Å². The Kier molecular flexibility index (Phi) is 4.66. The number of benzene rings is 1. The van der Waals surface area contributed by atoms with Gasteiger partial charge in [-0.25, -0.2) is 14.6 Å². The summed E-state index contributed by atoms with van der Waals surface area (Å²) in [6.45, 7) is -0.132. The highest BCUT2D eigenvalue weighted by Gasteiger charge is 2.07. The van der Waals surface area contributed by atoms with E-state index in [-0.39, 0.29) is 12.5 Å². The Labute approximate surface area is 138 Å². The fourth-order valence-electron chi connectivity index (χ4n) is 1.94. The Morgan fingerprint density at radius 3 is 2.71 bits per heavy atom. The quantitative estimate of drug-likeness (QED) is 0.741. The smallest absolute Gasteiger partial charge is 0.263 e. The number of methoxy groups -OCH3 is 1. The van der Waals surface area contributed by atoms with Gasteiger partial charge in [0, 0.05) is 18.5 Å². The van der Waals surface area contributed by atoms with Gasteiger partial charge in [0.1, 0.15) is 23.6 Å². The van der Waals surface area contributed by atoms with Gasteiger partial charge < -0.3 is 14.8 Å². The molecule has 3 aromatic rings. The summed E-state index contributed by atoms with van der Waals surface area (Å²) in [6.07, 6.45) is 4.75. The van der Waals surface area contributed by atoms with Gasteiger partial charge in [-0.05, 0) is 30.3 Å². The molecule has 0 spiro atoms.